The summed E-state index contributed by atoms with van der Waals surface area (Å²) in [6.07, 6.45) is 7.41. The molecule has 1 nitrogen and oxygen atoms in total. The van der Waals surface area contributed by atoms with Crippen molar-refractivity contribution < 1.29 is 0 Å². The molecule has 1 rings (SSSR count). The molecule has 0 aliphatic carbocycles. The molecule has 0 saturated carbocycles. The first kappa shape index (κ1) is 8.79. The highest BCUT2D eigenvalue weighted by Crippen LogP contribution is 2.19. The lowest BCUT2D eigenvalue weighted by Gasteiger charge is -2.12. The Morgan fingerprint density at radius 3 is 3.00 bits per heavy atom. The molecule has 0 radical (unpaired) electrons. The van der Waals surface area contributed by atoms with Crippen molar-refractivity contribution in [3.63, 3.8) is 0 Å². The van der Waals surface area contributed by atoms with Crippen molar-refractivity contribution in [1.82, 2.24) is 4.90 Å². The molecule has 0 amide bonds. The van der Waals surface area contributed by atoms with Gasteiger partial charge in [0, 0.05) is 0 Å². The molecular formula is C10H19N. The summed E-state index contributed by atoms with van der Waals surface area (Å²) >= 11 is 0. The molecule has 0 aromatic heterocycles. The average Bonchev–Trinajstić information content (AvgIpc) is 2.17. The van der Waals surface area contributed by atoms with Gasteiger partial charge in [-0.25, -0.2) is 0 Å². The third kappa shape index (κ3) is 3.06. The fourth-order valence-electron chi connectivity index (χ4n) is 1.78. The van der Waals surface area contributed by atoms with E-state index in [2.05, 4.69) is 24.6 Å². The van der Waals surface area contributed by atoms with Crippen molar-refractivity contribution in [2.24, 2.45) is 5.92 Å². The third-order valence-corrected chi connectivity index (χ3v) is 2.57. The van der Waals surface area contributed by atoms with E-state index in [1.165, 1.54) is 38.8 Å². The maximum Gasteiger partial charge on any atom is -0.00190 e. The largest absolute Gasteiger partial charge is 0.306 e. The van der Waals surface area contributed by atoms with E-state index in [1.807, 2.05) is 0 Å². The topological polar surface area (TPSA) is 3.24 Å². The van der Waals surface area contributed by atoms with Crippen LogP contribution < -0.4 is 0 Å². The number of likely N-dealkylation sites (tertiary alicyclic amines) is 1. The molecule has 1 fully saturated rings. The number of hydrogen-bond donors (Lipinski definition) is 0. The molecule has 0 N–H and O–H groups in total. The highest BCUT2D eigenvalue weighted by Gasteiger charge is 2.12. The van der Waals surface area contributed by atoms with E-state index in [4.69, 9.17) is 0 Å². The van der Waals surface area contributed by atoms with Crippen LogP contribution in [0.25, 0.3) is 0 Å². The van der Waals surface area contributed by atoms with Crippen LogP contribution in [0, 0.1) is 5.92 Å². The number of rotatable bonds is 2. The van der Waals surface area contributed by atoms with Gasteiger partial charge in [0.15, 0.2) is 0 Å². The van der Waals surface area contributed by atoms with Crippen molar-refractivity contribution in [2.45, 2.75) is 25.7 Å². The van der Waals surface area contributed by atoms with Gasteiger partial charge in [-0.2, -0.15) is 0 Å². The molecule has 64 valence electrons. The summed E-state index contributed by atoms with van der Waals surface area (Å²) in [6, 6.07) is 0. The fraction of sp³-hybridized carbons (Fsp3) is 0.800. The van der Waals surface area contributed by atoms with E-state index in [-0.39, 0.29) is 0 Å². The first-order valence-electron chi connectivity index (χ1n) is 4.62. The summed E-state index contributed by atoms with van der Waals surface area (Å²) in [6.45, 7) is 6.35. The molecule has 1 atom stereocenters. The third-order valence-electron chi connectivity index (χ3n) is 2.57. The van der Waals surface area contributed by atoms with Crippen LogP contribution >= 0.6 is 0 Å². The lowest BCUT2D eigenvalue weighted by molar-refractivity contribution is 0.342. The maximum atomic E-state index is 3.79. The fourth-order valence-corrected chi connectivity index (χ4v) is 1.78. The van der Waals surface area contributed by atoms with Crippen molar-refractivity contribution in [3.05, 3.63) is 12.7 Å². The van der Waals surface area contributed by atoms with Gasteiger partial charge in [0.2, 0.25) is 0 Å². The molecule has 11 heavy (non-hydrogen) atoms. The zero-order valence-corrected chi connectivity index (χ0v) is 7.55. The normalized spacial score (nSPS) is 27.9. The van der Waals surface area contributed by atoms with Crippen LogP contribution in [0.15, 0.2) is 12.7 Å². The van der Waals surface area contributed by atoms with Crippen molar-refractivity contribution in [2.75, 3.05) is 20.1 Å². The maximum absolute atomic E-state index is 3.79. The second kappa shape index (κ2) is 4.55. The zero-order chi connectivity index (χ0) is 8.10. The predicted octanol–water partition coefficient (Wildman–Crippen LogP) is 2.29. The smallest absolute Gasteiger partial charge is 0.00190 e. The van der Waals surface area contributed by atoms with E-state index in [9.17, 15) is 0 Å². The molecule has 1 unspecified atom stereocenters. The highest BCUT2D eigenvalue weighted by atomic mass is 15.1. The Morgan fingerprint density at radius 1 is 1.45 bits per heavy atom. The quantitative estimate of drug-likeness (QED) is 0.550. The molecule has 0 spiro atoms. The molecular weight excluding hydrogens is 134 g/mol. The summed E-state index contributed by atoms with van der Waals surface area (Å²) in [4.78, 5) is 2.43. The Balaban J connectivity index is 2.27. The summed E-state index contributed by atoms with van der Waals surface area (Å²) in [5.74, 6) is 0.914. The summed E-state index contributed by atoms with van der Waals surface area (Å²) in [7, 11) is 2.22. The monoisotopic (exact) mass is 153 g/mol. The Labute approximate surface area is 70.1 Å². The predicted molar refractivity (Wildman–Crippen MR) is 49.7 cm³/mol. The molecule has 1 saturated heterocycles. The molecule has 0 aromatic carbocycles. The summed E-state index contributed by atoms with van der Waals surface area (Å²) in [5, 5.41) is 0. The first-order chi connectivity index (χ1) is 5.33. The van der Waals surface area contributed by atoms with E-state index in [1.54, 1.807) is 0 Å². The molecule has 1 aliphatic rings. The summed E-state index contributed by atoms with van der Waals surface area (Å²) < 4.78 is 0. The van der Waals surface area contributed by atoms with Gasteiger partial charge in [0.25, 0.3) is 0 Å². The minimum Gasteiger partial charge on any atom is -0.306 e. The van der Waals surface area contributed by atoms with Gasteiger partial charge in [-0.05, 0) is 51.7 Å². The molecule has 0 bridgehead atoms. The van der Waals surface area contributed by atoms with Crippen LogP contribution in [-0.4, -0.2) is 25.0 Å². The van der Waals surface area contributed by atoms with Gasteiger partial charge in [-0.15, -0.1) is 6.58 Å². The highest BCUT2D eigenvalue weighted by molar-refractivity contribution is 4.76. The Hall–Kier alpha value is -0.300. The van der Waals surface area contributed by atoms with Crippen molar-refractivity contribution in [1.29, 1.82) is 0 Å². The van der Waals surface area contributed by atoms with E-state index >= 15 is 0 Å². The van der Waals surface area contributed by atoms with E-state index in [0.29, 0.717) is 0 Å². The van der Waals surface area contributed by atoms with Gasteiger partial charge >= 0.3 is 0 Å². The van der Waals surface area contributed by atoms with Crippen LogP contribution in [0.1, 0.15) is 25.7 Å². The minimum atomic E-state index is 0.914. The Kier molecular flexibility index (Phi) is 3.64. The second-order valence-electron chi connectivity index (χ2n) is 3.62. The van der Waals surface area contributed by atoms with Crippen molar-refractivity contribution in [3.8, 4) is 0 Å². The Morgan fingerprint density at radius 2 is 2.27 bits per heavy atom. The van der Waals surface area contributed by atoms with E-state index in [0.717, 1.165) is 5.92 Å². The zero-order valence-electron chi connectivity index (χ0n) is 7.55. The molecule has 1 aliphatic heterocycles. The number of hydrogen-bond acceptors (Lipinski definition) is 1. The average molecular weight is 153 g/mol. The molecule has 1 heteroatoms. The van der Waals surface area contributed by atoms with Crippen LogP contribution in [-0.2, 0) is 0 Å². The minimum absolute atomic E-state index is 0.914. The first-order valence-corrected chi connectivity index (χ1v) is 4.62. The van der Waals surface area contributed by atoms with Crippen LogP contribution in [0.2, 0.25) is 0 Å². The lowest BCUT2D eigenvalue weighted by Crippen LogP contribution is -2.18. The van der Waals surface area contributed by atoms with Gasteiger partial charge in [-0.3, -0.25) is 0 Å². The number of allylic oxidation sites excluding steroid dienone is 1. The SMILES string of the molecule is C=CCC1CCCN(C)CC1. The van der Waals surface area contributed by atoms with Crippen LogP contribution in [0.5, 0.6) is 0 Å². The second-order valence-corrected chi connectivity index (χ2v) is 3.62. The van der Waals surface area contributed by atoms with Gasteiger partial charge in [-0.1, -0.05) is 6.08 Å². The summed E-state index contributed by atoms with van der Waals surface area (Å²) in [5.41, 5.74) is 0. The van der Waals surface area contributed by atoms with Crippen molar-refractivity contribution >= 4 is 0 Å². The number of nitrogens with zero attached hydrogens (tertiary/aromatic N) is 1. The lowest BCUT2D eigenvalue weighted by atomic mass is 9.97. The Bertz CT molecular complexity index is 120. The van der Waals surface area contributed by atoms with Crippen LogP contribution in [0.3, 0.4) is 0 Å². The van der Waals surface area contributed by atoms with Gasteiger partial charge in [0.1, 0.15) is 0 Å². The molecule has 1 heterocycles. The van der Waals surface area contributed by atoms with E-state index < -0.39 is 0 Å². The van der Waals surface area contributed by atoms with Gasteiger partial charge < -0.3 is 4.90 Å². The van der Waals surface area contributed by atoms with Crippen LogP contribution in [0.4, 0.5) is 0 Å². The van der Waals surface area contributed by atoms with Gasteiger partial charge in [0.05, 0.1) is 0 Å². The molecule has 0 aromatic rings. The standard InChI is InChI=1S/C10H19N/c1-3-5-10-6-4-8-11(2)9-7-10/h3,10H,1,4-9H2,2H3.